The SMILES string of the molecule is COc1ccc(OC)c(NC(=O)c2ccc(-c3ccccc3)s2)c1. The number of hydrogen-bond donors (Lipinski definition) is 1. The Bertz CT molecular complexity index is 843. The van der Waals surface area contributed by atoms with Gasteiger partial charge in [-0.3, -0.25) is 4.79 Å². The molecule has 0 radical (unpaired) electrons. The first-order chi connectivity index (χ1) is 11.7. The van der Waals surface area contributed by atoms with E-state index in [1.165, 1.54) is 11.3 Å². The lowest BCUT2D eigenvalue weighted by atomic mass is 10.2. The molecule has 0 saturated carbocycles. The Labute approximate surface area is 144 Å². The van der Waals surface area contributed by atoms with Crippen LogP contribution >= 0.6 is 11.3 Å². The fourth-order valence-electron chi connectivity index (χ4n) is 2.31. The van der Waals surface area contributed by atoms with Crippen molar-refractivity contribution in [2.45, 2.75) is 0 Å². The number of carbonyl (C=O) groups is 1. The molecule has 1 N–H and O–H groups in total. The third kappa shape index (κ3) is 3.41. The molecule has 24 heavy (non-hydrogen) atoms. The molecular formula is C19H17NO3S. The maximum absolute atomic E-state index is 12.5. The van der Waals surface area contributed by atoms with E-state index in [0.29, 0.717) is 22.1 Å². The number of rotatable bonds is 5. The molecule has 4 nitrogen and oxygen atoms in total. The molecule has 0 aliphatic heterocycles. The van der Waals surface area contributed by atoms with Crippen molar-refractivity contribution in [1.82, 2.24) is 0 Å². The summed E-state index contributed by atoms with van der Waals surface area (Å²) in [5, 5.41) is 2.88. The predicted molar refractivity (Wildman–Crippen MR) is 97.3 cm³/mol. The zero-order valence-electron chi connectivity index (χ0n) is 13.4. The second-order valence-electron chi connectivity index (χ2n) is 5.05. The van der Waals surface area contributed by atoms with E-state index in [9.17, 15) is 4.79 Å². The Morgan fingerprint density at radius 2 is 1.75 bits per heavy atom. The van der Waals surface area contributed by atoms with Crippen molar-refractivity contribution in [2.24, 2.45) is 0 Å². The summed E-state index contributed by atoms with van der Waals surface area (Å²) in [5.41, 5.74) is 1.68. The maximum atomic E-state index is 12.5. The number of hydrogen-bond acceptors (Lipinski definition) is 4. The fraction of sp³-hybridized carbons (Fsp3) is 0.105. The van der Waals surface area contributed by atoms with Crippen LogP contribution in [0.1, 0.15) is 9.67 Å². The van der Waals surface area contributed by atoms with Crippen LogP contribution in [0.2, 0.25) is 0 Å². The molecule has 0 aliphatic carbocycles. The number of ether oxygens (including phenoxy) is 2. The minimum atomic E-state index is -0.172. The van der Waals surface area contributed by atoms with Gasteiger partial charge in [-0.1, -0.05) is 30.3 Å². The quantitative estimate of drug-likeness (QED) is 0.734. The number of amides is 1. The summed E-state index contributed by atoms with van der Waals surface area (Å²) >= 11 is 1.45. The molecule has 0 aliphatic rings. The molecular weight excluding hydrogens is 322 g/mol. The standard InChI is InChI=1S/C19H17NO3S/c1-22-14-8-9-16(23-2)15(12-14)20-19(21)18-11-10-17(24-18)13-6-4-3-5-7-13/h3-12H,1-2H3,(H,20,21). The van der Waals surface area contributed by atoms with Gasteiger partial charge in [0.15, 0.2) is 0 Å². The average molecular weight is 339 g/mol. The highest BCUT2D eigenvalue weighted by molar-refractivity contribution is 7.17. The van der Waals surface area contributed by atoms with Crippen LogP contribution in [-0.2, 0) is 0 Å². The lowest BCUT2D eigenvalue weighted by Gasteiger charge is -2.11. The zero-order valence-corrected chi connectivity index (χ0v) is 14.2. The van der Waals surface area contributed by atoms with E-state index in [2.05, 4.69) is 5.32 Å². The van der Waals surface area contributed by atoms with Gasteiger partial charge in [0, 0.05) is 10.9 Å². The average Bonchev–Trinajstić information content (AvgIpc) is 3.12. The van der Waals surface area contributed by atoms with Crippen molar-refractivity contribution in [3.8, 4) is 21.9 Å². The van der Waals surface area contributed by atoms with Gasteiger partial charge in [0.2, 0.25) is 0 Å². The summed E-state index contributed by atoms with van der Waals surface area (Å²) in [7, 11) is 3.15. The third-order valence-electron chi connectivity index (χ3n) is 3.54. The van der Waals surface area contributed by atoms with E-state index < -0.39 is 0 Å². The Morgan fingerprint density at radius 3 is 2.46 bits per heavy atom. The second kappa shape index (κ2) is 7.19. The second-order valence-corrected chi connectivity index (χ2v) is 6.13. The lowest BCUT2D eigenvalue weighted by molar-refractivity contribution is 0.103. The zero-order chi connectivity index (χ0) is 16.9. The number of benzene rings is 2. The highest BCUT2D eigenvalue weighted by Gasteiger charge is 2.13. The van der Waals surface area contributed by atoms with Crippen molar-refractivity contribution in [1.29, 1.82) is 0 Å². The fourth-order valence-corrected chi connectivity index (χ4v) is 3.22. The molecule has 5 heteroatoms. The van der Waals surface area contributed by atoms with E-state index in [4.69, 9.17) is 9.47 Å². The molecule has 0 unspecified atom stereocenters. The smallest absolute Gasteiger partial charge is 0.265 e. The van der Waals surface area contributed by atoms with Crippen molar-refractivity contribution >= 4 is 22.9 Å². The van der Waals surface area contributed by atoms with Crippen molar-refractivity contribution < 1.29 is 14.3 Å². The molecule has 1 amide bonds. The minimum Gasteiger partial charge on any atom is -0.497 e. The first-order valence-electron chi connectivity index (χ1n) is 7.40. The Hall–Kier alpha value is -2.79. The first-order valence-corrected chi connectivity index (χ1v) is 8.21. The van der Waals surface area contributed by atoms with Gasteiger partial charge in [0.05, 0.1) is 24.8 Å². The molecule has 3 rings (SSSR count). The van der Waals surface area contributed by atoms with Crippen LogP contribution in [0.5, 0.6) is 11.5 Å². The molecule has 0 bridgehead atoms. The van der Waals surface area contributed by atoms with Gasteiger partial charge < -0.3 is 14.8 Å². The largest absolute Gasteiger partial charge is 0.497 e. The molecule has 0 fully saturated rings. The number of methoxy groups -OCH3 is 2. The van der Waals surface area contributed by atoms with Crippen LogP contribution in [0.3, 0.4) is 0 Å². The van der Waals surface area contributed by atoms with Crippen LogP contribution in [0.4, 0.5) is 5.69 Å². The number of carbonyl (C=O) groups excluding carboxylic acids is 1. The molecule has 122 valence electrons. The van der Waals surface area contributed by atoms with Gasteiger partial charge in [-0.15, -0.1) is 11.3 Å². The molecule has 0 spiro atoms. The predicted octanol–water partition coefficient (Wildman–Crippen LogP) is 4.68. The van der Waals surface area contributed by atoms with Crippen LogP contribution in [0.15, 0.2) is 60.7 Å². The van der Waals surface area contributed by atoms with Gasteiger partial charge in [0.25, 0.3) is 5.91 Å². The van der Waals surface area contributed by atoms with Gasteiger partial charge >= 0.3 is 0 Å². The van der Waals surface area contributed by atoms with Crippen LogP contribution in [-0.4, -0.2) is 20.1 Å². The summed E-state index contributed by atoms with van der Waals surface area (Å²) < 4.78 is 10.5. The number of nitrogens with one attached hydrogen (secondary N) is 1. The highest BCUT2D eigenvalue weighted by atomic mass is 32.1. The van der Waals surface area contributed by atoms with Crippen molar-refractivity contribution in [3.63, 3.8) is 0 Å². The minimum absolute atomic E-state index is 0.172. The Balaban J connectivity index is 1.82. The normalized spacial score (nSPS) is 10.2. The molecule has 0 atom stereocenters. The van der Waals surface area contributed by atoms with Gasteiger partial charge in [-0.2, -0.15) is 0 Å². The summed E-state index contributed by atoms with van der Waals surface area (Å²) in [4.78, 5) is 14.2. The van der Waals surface area contributed by atoms with Crippen LogP contribution in [0, 0.1) is 0 Å². The number of thiophene rings is 1. The topological polar surface area (TPSA) is 47.6 Å². The van der Waals surface area contributed by atoms with E-state index in [0.717, 1.165) is 10.4 Å². The Kier molecular flexibility index (Phi) is 4.82. The van der Waals surface area contributed by atoms with Gasteiger partial charge in [-0.05, 0) is 29.8 Å². The molecule has 2 aromatic carbocycles. The van der Waals surface area contributed by atoms with E-state index >= 15 is 0 Å². The maximum Gasteiger partial charge on any atom is 0.265 e. The summed E-state index contributed by atoms with van der Waals surface area (Å²) in [6, 6.07) is 19.1. The van der Waals surface area contributed by atoms with E-state index in [-0.39, 0.29) is 5.91 Å². The summed E-state index contributed by atoms with van der Waals surface area (Å²) in [5.74, 6) is 1.07. The molecule has 0 saturated heterocycles. The Morgan fingerprint density at radius 1 is 0.958 bits per heavy atom. The highest BCUT2D eigenvalue weighted by Crippen LogP contribution is 2.31. The summed E-state index contributed by atoms with van der Waals surface area (Å²) in [6.45, 7) is 0. The van der Waals surface area contributed by atoms with Crippen molar-refractivity contribution in [2.75, 3.05) is 19.5 Å². The van der Waals surface area contributed by atoms with Gasteiger partial charge in [-0.25, -0.2) is 0 Å². The molecule has 1 aromatic heterocycles. The van der Waals surface area contributed by atoms with E-state index in [1.54, 1.807) is 32.4 Å². The molecule has 3 aromatic rings. The third-order valence-corrected chi connectivity index (χ3v) is 4.68. The first kappa shape index (κ1) is 16.1. The lowest BCUT2D eigenvalue weighted by Crippen LogP contribution is -2.11. The van der Waals surface area contributed by atoms with Gasteiger partial charge in [0.1, 0.15) is 11.5 Å². The van der Waals surface area contributed by atoms with Crippen LogP contribution in [0.25, 0.3) is 10.4 Å². The number of anilines is 1. The van der Waals surface area contributed by atoms with Crippen molar-refractivity contribution in [3.05, 3.63) is 65.5 Å². The monoisotopic (exact) mass is 339 g/mol. The molecule has 1 heterocycles. The van der Waals surface area contributed by atoms with Crippen LogP contribution < -0.4 is 14.8 Å². The van der Waals surface area contributed by atoms with E-state index in [1.807, 2.05) is 42.5 Å². The summed E-state index contributed by atoms with van der Waals surface area (Å²) in [6.07, 6.45) is 0.